The Balaban J connectivity index is 2.01. The van der Waals surface area contributed by atoms with Crippen molar-refractivity contribution in [1.29, 1.82) is 0 Å². The maximum absolute atomic E-state index is 11.8. The highest BCUT2D eigenvalue weighted by atomic mass is 16.2. The standard InChI is InChI=1S/C14H11N3O3/c18-8-9-1-2-10-7-15-12(6-11(10)5-9)17-4-3-13(19)16-14(17)20/h1-2,5-8H,3-4H2,(H,16,19,20). The molecule has 1 aliphatic rings. The second-order valence-corrected chi connectivity index (χ2v) is 4.52. The second-order valence-electron chi connectivity index (χ2n) is 4.52. The molecule has 0 radical (unpaired) electrons. The SMILES string of the molecule is O=Cc1ccc2cnc(N3CCC(=O)NC3=O)cc2c1. The normalized spacial score (nSPS) is 15.3. The fourth-order valence-corrected chi connectivity index (χ4v) is 2.15. The van der Waals surface area contributed by atoms with Crippen LogP contribution < -0.4 is 10.2 Å². The molecule has 1 aromatic heterocycles. The molecule has 1 aromatic carbocycles. The predicted molar refractivity (Wildman–Crippen MR) is 72.6 cm³/mol. The summed E-state index contributed by atoms with van der Waals surface area (Å²) in [4.78, 5) is 39.3. The third-order valence-electron chi connectivity index (χ3n) is 3.20. The molecule has 0 aliphatic carbocycles. The number of amides is 3. The first-order valence-corrected chi connectivity index (χ1v) is 6.14. The van der Waals surface area contributed by atoms with E-state index in [-0.39, 0.29) is 12.3 Å². The molecule has 0 spiro atoms. The number of aldehydes is 1. The van der Waals surface area contributed by atoms with Crippen molar-refractivity contribution in [3.8, 4) is 0 Å². The Morgan fingerprint density at radius 1 is 1.20 bits per heavy atom. The van der Waals surface area contributed by atoms with Crippen LogP contribution in [0.25, 0.3) is 10.8 Å². The quantitative estimate of drug-likeness (QED) is 0.838. The molecule has 3 rings (SSSR count). The molecule has 6 nitrogen and oxygen atoms in total. The van der Waals surface area contributed by atoms with E-state index in [1.54, 1.807) is 30.5 Å². The minimum absolute atomic E-state index is 0.250. The maximum atomic E-state index is 11.8. The largest absolute Gasteiger partial charge is 0.329 e. The summed E-state index contributed by atoms with van der Waals surface area (Å²) in [5.41, 5.74) is 0.563. The van der Waals surface area contributed by atoms with E-state index in [4.69, 9.17) is 0 Å². The summed E-state index contributed by atoms with van der Waals surface area (Å²) in [7, 11) is 0. The van der Waals surface area contributed by atoms with Crippen LogP contribution in [0.1, 0.15) is 16.8 Å². The summed E-state index contributed by atoms with van der Waals surface area (Å²) in [5.74, 6) is 0.181. The average molecular weight is 269 g/mol. The molecule has 20 heavy (non-hydrogen) atoms. The van der Waals surface area contributed by atoms with Crippen LogP contribution in [0.4, 0.5) is 10.6 Å². The van der Waals surface area contributed by atoms with E-state index in [1.807, 2.05) is 0 Å². The maximum Gasteiger partial charge on any atom is 0.329 e. The number of rotatable bonds is 2. The van der Waals surface area contributed by atoms with Gasteiger partial charge in [0.2, 0.25) is 5.91 Å². The van der Waals surface area contributed by atoms with Crippen molar-refractivity contribution in [1.82, 2.24) is 10.3 Å². The van der Waals surface area contributed by atoms with E-state index >= 15 is 0 Å². The fraction of sp³-hybridized carbons (Fsp3) is 0.143. The van der Waals surface area contributed by atoms with E-state index in [2.05, 4.69) is 10.3 Å². The van der Waals surface area contributed by atoms with Crippen LogP contribution in [0.3, 0.4) is 0 Å². The van der Waals surface area contributed by atoms with Gasteiger partial charge in [0.25, 0.3) is 0 Å². The highest BCUT2D eigenvalue weighted by Gasteiger charge is 2.25. The molecule has 0 saturated carbocycles. The van der Waals surface area contributed by atoms with Crippen LogP contribution in [-0.2, 0) is 4.79 Å². The van der Waals surface area contributed by atoms with Crippen LogP contribution in [-0.4, -0.2) is 29.8 Å². The number of hydrogen-bond donors (Lipinski definition) is 1. The van der Waals surface area contributed by atoms with Crippen LogP contribution in [0.15, 0.2) is 30.5 Å². The Kier molecular flexibility index (Phi) is 2.90. The minimum Gasteiger partial charge on any atom is -0.298 e. The molecule has 1 fully saturated rings. The zero-order valence-corrected chi connectivity index (χ0v) is 10.5. The molecule has 0 bridgehead atoms. The Hall–Kier alpha value is -2.76. The molecule has 1 N–H and O–H groups in total. The number of nitrogens with zero attached hydrogens (tertiary/aromatic N) is 2. The lowest BCUT2D eigenvalue weighted by Crippen LogP contribution is -2.49. The van der Waals surface area contributed by atoms with Gasteiger partial charge in [-0.05, 0) is 17.5 Å². The number of fused-ring (bicyclic) bond motifs is 1. The molecule has 1 saturated heterocycles. The minimum atomic E-state index is -0.473. The lowest BCUT2D eigenvalue weighted by Gasteiger charge is -2.25. The number of aromatic nitrogens is 1. The van der Waals surface area contributed by atoms with Crippen molar-refractivity contribution < 1.29 is 14.4 Å². The van der Waals surface area contributed by atoms with Crippen LogP contribution in [0.2, 0.25) is 0 Å². The first kappa shape index (κ1) is 12.3. The molecule has 0 unspecified atom stereocenters. The Morgan fingerprint density at radius 3 is 2.80 bits per heavy atom. The van der Waals surface area contributed by atoms with Gasteiger partial charge < -0.3 is 0 Å². The first-order chi connectivity index (χ1) is 9.67. The van der Waals surface area contributed by atoms with E-state index in [1.165, 1.54) is 4.90 Å². The summed E-state index contributed by atoms with van der Waals surface area (Å²) < 4.78 is 0. The van der Waals surface area contributed by atoms with Gasteiger partial charge in [0.05, 0.1) is 0 Å². The van der Waals surface area contributed by atoms with Gasteiger partial charge in [0, 0.05) is 30.1 Å². The van der Waals surface area contributed by atoms with Crippen LogP contribution in [0, 0.1) is 0 Å². The smallest absolute Gasteiger partial charge is 0.298 e. The highest BCUT2D eigenvalue weighted by molar-refractivity contribution is 6.05. The molecule has 100 valence electrons. The molecule has 2 heterocycles. The van der Waals surface area contributed by atoms with Gasteiger partial charge in [0.15, 0.2) is 0 Å². The number of carbonyl (C=O) groups excluding carboxylic acids is 3. The summed E-state index contributed by atoms with van der Waals surface area (Å²) in [6.45, 7) is 0.302. The summed E-state index contributed by atoms with van der Waals surface area (Å²) >= 11 is 0. The van der Waals surface area contributed by atoms with Crippen LogP contribution >= 0.6 is 0 Å². The van der Waals surface area contributed by atoms with Crippen molar-refractivity contribution in [2.45, 2.75) is 6.42 Å². The zero-order valence-electron chi connectivity index (χ0n) is 10.5. The number of urea groups is 1. The molecule has 1 aliphatic heterocycles. The van der Waals surface area contributed by atoms with Crippen LogP contribution in [0.5, 0.6) is 0 Å². The molecular weight excluding hydrogens is 258 g/mol. The van der Waals surface area contributed by atoms with Gasteiger partial charge in [-0.3, -0.25) is 19.8 Å². The summed E-state index contributed by atoms with van der Waals surface area (Å²) in [5, 5.41) is 3.96. The number of pyridine rings is 1. The second kappa shape index (κ2) is 4.73. The van der Waals surface area contributed by atoms with Crippen molar-refractivity contribution in [3.05, 3.63) is 36.0 Å². The fourth-order valence-electron chi connectivity index (χ4n) is 2.15. The number of anilines is 1. The van der Waals surface area contributed by atoms with E-state index < -0.39 is 6.03 Å². The Morgan fingerprint density at radius 2 is 2.05 bits per heavy atom. The van der Waals surface area contributed by atoms with Crippen molar-refractivity contribution in [3.63, 3.8) is 0 Å². The molecular formula is C14H11N3O3. The van der Waals surface area contributed by atoms with Gasteiger partial charge >= 0.3 is 6.03 Å². The van der Waals surface area contributed by atoms with E-state index in [9.17, 15) is 14.4 Å². The van der Waals surface area contributed by atoms with Crippen molar-refractivity contribution in [2.75, 3.05) is 11.4 Å². The monoisotopic (exact) mass is 269 g/mol. The number of hydrogen-bond acceptors (Lipinski definition) is 4. The topological polar surface area (TPSA) is 79.4 Å². The Labute approximate surface area is 114 Å². The van der Waals surface area contributed by atoms with Crippen molar-refractivity contribution >= 4 is 34.8 Å². The number of carbonyl (C=O) groups is 3. The number of imide groups is 1. The van der Waals surface area contributed by atoms with Gasteiger partial charge in [-0.15, -0.1) is 0 Å². The molecule has 0 atom stereocenters. The van der Waals surface area contributed by atoms with E-state index in [0.29, 0.717) is 17.9 Å². The molecule has 2 aromatic rings. The van der Waals surface area contributed by atoms with E-state index in [0.717, 1.165) is 17.1 Å². The zero-order chi connectivity index (χ0) is 14.1. The van der Waals surface area contributed by atoms with Gasteiger partial charge in [0.1, 0.15) is 12.1 Å². The third-order valence-corrected chi connectivity index (χ3v) is 3.20. The van der Waals surface area contributed by atoms with Crippen molar-refractivity contribution in [2.24, 2.45) is 0 Å². The third kappa shape index (κ3) is 2.11. The summed E-state index contributed by atoms with van der Waals surface area (Å²) in [6, 6.07) is 6.51. The summed E-state index contributed by atoms with van der Waals surface area (Å²) in [6.07, 6.45) is 2.66. The molecule has 3 amide bonds. The number of nitrogens with one attached hydrogen (secondary N) is 1. The van der Waals surface area contributed by atoms with Gasteiger partial charge in [-0.25, -0.2) is 9.78 Å². The lowest BCUT2D eigenvalue weighted by molar-refractivity contribution is -0.120. The first-order valence-electron chi connectivity index (χ1n) is 6.14. The average Bonchev–Trinajstić information content (AvgIpc) is 2.46. The molecule has 6 heteroatoms. The number of benzene rings is 1. The lowest BCUT2D eigenvalue weighted by atomic mass is 10.1. The van der Waals surface area contributed by atoms with Gasteiger partial charge in [-0.1, -0.05) is 12.1 Å². The predicted octanol–water partition coefficient (Wildman–Crippen LogP) is 1.49. The Bertz CT molecular complexity index is 727. The van der Waals surface area contributed by atoms with Gasteiger partial charge in [-0.2, -0.15) is 0 Å². The highest BCUT2D eigenvalue weighted by Crippen LogP contribution is 2.21.